The Bertz CT molecular complexity index is 401. The molecule has 0 spiro atoms. The summed E-state index contributed by atoms with van der Waals surface area (Å²) >= 11 is 0. The lowest BCUT2D eigenvalue weighted by atomic mass is 10.2. The van der Waals surface area contributed by atoms with Crippen molar-refractivity contribution in [3.8, 4) is 0 Å². The molecule has 2 rings (SSSR count). The zero-order chi connectivity index (χ0) is 12.8. The Morgan fingerprint density at radius 2 is 2.16 bits per heavy atom. The number of nitrogens with zero attached hydrogens (tertiary/aromatic N) is 3. The molecule has 1 heterocycles. The molecule has 1 aromatic heterocycles. The molecule has 1 aliphatic rings. The molecule has 1 aromatic rings. The van der Waals surface area contributed by atoms with E-state index in [9.17, 15) is 0 Å². The highest BCUT2D eigenvalue weighted by Gasteiger charge is 2.15. The van der Waals surface area contributed by atoms with E-state index >= 15 is 0 Å². The van der Waals surface area contributed by atoms with Gasteiger partial charge in [0.1, 0.15) is 0 Å². The molecule has 0 amide bonds. The molecule has 0 radical (unpaired) electrons. The zero-order valence-corrected chi connectivity index (χ0v) is 13.8. The normalized spacial score (nSPS) is 16.2. The second kappa shape index (κ2) is 8.34. The number of hydrogen-bond acceptors (Lipinski definition) is 4. The summed E-state index contributed by atoms with van der Waals surface area (Å²) in [6.45, 7) is 2.56. The van der Waals surface area contributed by atoms with Gasteiger partial charge in [-0.3, -0.25) is 4.99 Å². The number of hydrogen-bond donors (Lipinski definition) is 2. The molecule has 0 bridgehead atoms. The molecule has 19 heavy (non-hydrogen) atoms. The van der Waals surface area contributed by atoms with Crippen molar-refractivity contribution in [1.82, 2.24) is 20.8 Å². The van der Waals surface area contributed by atoms with Gasteiger partial charge in [0.05, 0.1) is 0 Å². The molecular formula is C12H22IN5O. The highest BCUT2D eigenvalue weighted by molar-refractivity contribution is 14.0. The average molecular weight is 379 g/mol. The molecule has 1 fully saturated rings. The first-order chi connectivity index (χ1) is 8.78. The Kier molecular flexibility index (Phi) is 7.11. The lowest BCUT2D eigenvalue weighted by Crippen LogP contribution is -2.43. The van der Waals surface area contributed by atoms with Crippen molar-refractivity contribution < 1.29 is 4.52 Å². The quantitative estimate of drug-likeness (QED) is 0.473. The summed E-state index contributed by atoms with van der Waals surface area (Å²) in [6.07, 6.45) is 5.82. The Balaban J connectivity index is 0.00000180. The van der Waals surface area contributed by atoms with E-state index in [1.807, 2.05) is 6.92 Å². The van der Waals surface area contributed by atoms with Gasteiger partial charge in [-0.2, -0.15) is 4.98 Å². The standard InChI is InChI=1S/C12H21N5O.HI/c1-9-15-11(18-17-9)7-8-14-12(13-2)16-10-5-3-4-6-10;/h10H,3-8H2,1-2H3,(H2,13,14,16);1H. The van der Waals surface area contributed by atoms with Gasteiger partial charge in [-0.15, -0.1) is 24.0 Å². The summed E-state index contributed by atoms with van der Waals surface area (Å²) in [4.78, 5) is 8.37. The van der Waals surface area contributed by atoms with Crippen LogP contribution >= 0.6 is 24.0 Å². The predicted molar refractivity (Wildman–Crippen MR) is 84.9 cm³/mol. The smallest absolute Gasteiger partial charge is 0.228 e. The Morgan fingerprint density at radius 3 is 2.74 bits per heavy atom. The van der Waals surface area contributed by atoms with E-state index < -0.39 is 0 Å². The molecule has 108 valence electrons. The van der Waals surface area contributed by atoms with E-state index in [2.05, 4.69) is 25.8 Å². The molecule has 0 unspecified atom stereocenters. The van der Waals surface area contributed by atoms with Crippen molar-refractivity contribution in [3.05, 3.63) is 11.7 Å². The third-order valence-corrected chi connectivity index (χ3v) is 3.12. The van der Waals surface area contributed by atoms with Crippen LogP contribution in [0.3, 0.4) is 0 Å². The highest BCUT2D eigenvalue weighted by atomic mass is 127. The van der Waals surface area contributed by atoms with Crippen LogP contribution in [0, 0.1) is 6.92 Å². The van der Waals surface area contributed by atoms with Crippen LogP contribution in [0.1, 0.15) is 37.4 Å². The van der Waals surface area contributed by atoms with Crippen LogP contribution in [-0.2, 0) is 6.42 Å². The third kappa shape index (κ3) is 5.33. The molecule has 0 aliphatic heterocycles. The minimum Gasteiger partial charge on any atom is -0.356 e. The summed E-state index contributed by atoms with van der Waals surface area (Å²) in [5.41, 5.74) is 0. The van der Waals surface area contributed by atoms with Crippen LogP contribution in [0.15, 0.2) is 9.52 Å². The third-order valence-electron chi connectivity index (χ3n) is 3.12. The molecule has 1 saturated carbocycles. The molecule has 0 aromatic carbocycles. The van der Waals surface area contributed by atoms with Crippen LogP contribution in [0.4, 0.5) is 0 Å². The van der Waals surface area contributed by atoms with E-state index in [1.54, 1.807) is 7.05 Å². The van der Waals surface area contributed by atoms with Gasteiger partial charge < -0.3 is 15.2 Å². The second-order valence-electron chi connectivity index (χ2n) is 4.61. The molecule has 0 saturated heterocycles. The number of halogens is 1. The fourth-order valence-corrected chi connectivity index (χ4v) is 2.19. The van der Waals surface area contributed by atoms with E-state index in [-0.39, 0.29) is 24.0 Å². The number of aromatic nitrogens is 2. The zero-order valence-electron chi connectivity index (χ0n) is 11.5. The van der Waals surface area contributed by atoms with Gasteiger partial charge in [-0.05, 0) is 19.8 Å². The first-order valence-corrected chi connectivity index (χ1v) is 6.54. The minimum absolute atomic E-state index is 0. The van der Waals surface area contributed by atoms with Gasteiger partial charge in [0.15, 0.2) is 11.8 Å². The van der Waals surface area contributed by atoms with E-state index in [0.29, 0.717) is 24.2 Å². The molecular weight excluding hydrogens is 357 g/mol. The van der Waals surface area contributed by atoms with E-state index in [4.69, 9.17) is 4.52 Å². The van der Waals surface area contributed by atoms with Crippen molar-refractivity contribution in [2.45, 2.75) is 45.1 Å². The summed E-state index contributed by atoms with van der Waals surface area (Å²) in [5.74, 6) is 2.20. The largest absolute Gasteiger partial charge is 0.356 e. The predicted octanol–water partition coefficient (Wildman–Crippen LogP) is 1.65. The first-order valence-electron chi connectivity index (χ1n) is 6.54. The Morgan fingerprint density at radius 1 is 1.42 bits per heavy atom. The van der Waals surface area contributed by atoms with Crippen molar-refractivity contribution in [3.63, 3.8) is 0 Å². The van der Waals surface area contributed by atoms with Gasteiger partial charge >= 0.3 is 0 Å². The maximum Gasteiger partial charge on any atom is 0.228 e. The maximum atomic E-state index is 5.05. The lowest BCUT2D eigenvalue weighted by Gasteiger charge is -2.16. The van der Waals surface area contributed by atoms with Crippen molar-refractivity contribution in [2.75, 3.05) is 13.6 Å². The summed E-state index contributed by atoms with van der Waals surface area (Å²) < 4.78 is 5.05. The van der Waals surface area contributed by atoms with Crippen LogP contribution in [0.5, 0.6) is 0 Å². The number of nitrogens with one attached hydrogen (secondary N) is 2. The lowest BCUT2D eigenvalue weighted by molar-refractivity contribution is 0.374. The molecule has 1 aliphatic carbocycles. The summed E-state index contributed by atoms with van der Waals surface area (Å²) in [6, 6.07) is 0.571. The van der Waals surface area contributed by atoms with Crippen molar-refractivity contribution >= 4 is 29.9 Å². The molecule has 0 atom stereocenters. The number of rotatable bonds is 4. The van der Waals surface area contributed by atoms with Crippen molar-refractivity contribution in [1.29, 1.82) is 0 Å². The van der Waals surface area contributed by atoms with Gasteiger partial charge in [0.25, 0.3) is 0 Å². The van der Waals surface area contributed by atoms with Crippen LogP contribution in [0.2, 0.25) is 0 Å². The minimum atomic E-state index is 0. The van der Waals surface area contributed by atoms with E-state index in [1.165, 1.54) is 25.7 Å². The molecule has 2 N–H and O–H groups in total. The SMILES string of the molecule is CN=C(NCCc1nc(C)no1)NC1CCCC1.I. The van der Waals surface area contributed by atoms with Gasteiger partial charge in [-0.25, -0.2) is 0 Å². The Labute approximate surface area is 130 Å². The second-order valence-corrected chi connectivity index (χ2v) is 4.61. The first kappa shape index (κ1) is 16.2. The van der Waals surface area contributed by atoms with Crippen LogP contribution < -0.4 is 10.6 Å². The van der Waals surface area contributed by atoms with E-state index in [0.717, 1.165) is 12.5 Å². The topological polar surface area (TPSA) is 75.3 Å². The average Bonchev–Trinajstić information content (AvgIpc) is 3.00. The van der Waals surface area contributed by atoms with Gasteiger partial charge in [-0.1, -0.05) is 18.0 Å². The Hall–Kier alpha value is -0.860. The van der Waals surface area contributed by atoms with Gasteiger partial charge in [0, 0.05) is 26.1 Å². The summed E-state index contributed by atoms with van der Waals surface area (Å²) in [7, 11) is 1.79. The monoisotopic (exact) mass is 379 g/mol. The molecule has 7 heteroatoms. The number of guanidine groups is 1. The van der Waals surface area contributed by atoms with Crippen molar-refractivity contribution in [2.24, 2.45) is 4.99 Å². The van der Waals surface area contributed by atoms with Crippen LogP contribution in [0.25, 0.3) is 0 Å². The fourth-order valence-electron chi connectivity index (χ4n) is 2.19. The van der Waals surface area contributed by atoms with Gasteiger partial charge in [0.2, 0.25) is 5.89 Å². The molecule has 6 nitrogen and oxygen atoms in total. The van der Waals surface area contributed by atoms with Crippen LogP contribution in [-0.4, -0.2) is 35.7 Å². The highest BCUT2D eigenvalue weighted by Crippen LogP contribution is 2.17. The number of aryl methyl sites for hydroxylation is 1. The maximum absolute atomic E-state index is 5.05. The summed E-state index contributed by atoms with van der Waals surface area (Å²) in [5, 5.41) is 10.5. The number of aliphatic imine (C=N–C) groups is 1. The fraction of sp³-hybridized carbons (Fsp3) is 0.750.